The summed E-state index contributed by atoms with van der Waals surface area (Å²) in [5.41, 5.74) is 2.21. The van der Waals surface area contributed by atoms with E-state index < -0.39 is 0 Å². The van der Waals surface area contributed by atoms with E-state index in [9.17, 15) is 9.59 Å². The smallest absolute Gasteiger partial charge is 0.262 e. The predicted octanol–water partition coefficient (Wildman–Crippen LogP) is 4.37. The van der Waals surface area contributed by atoms with Crippen LogP contribution < -0.4 is 10.9 Å². The summed E-state index contributed by atoms with van der Waals surface area (Å²) in [6.07, 6.45) is 6.15. The Bertz CT molecular complexity index is 1070. The second kappa shape index (κ2) is 8.17. The molecule has 2 heterocycles. The number of hydrogen-bond acceptors (Lipinski definition) is 4. The molecule has 3 aromatic rings. The topological polar surface area (TPSA) is 64.0 Å². The number of carbonyl (C=O) groups excluding carboxylic acids is 1. The standard InChI is InChI=1S/C21H22BrN3O2S/c1-13(14-6-8-15(22)9-7-14)24-18(26)10-11-25-12-23-20-19(21(25)27)16-4-2-3-5-17(16)28-20/h6-9,12-13H,2-5,10-11H2,1H3,(H,24,26). The number of hydrogen-bond donors (Lipinski definition) is 1. The normalized spacial score (nSPS) is 14.6. The molecule has 0 radical (unpaired) electrons. The molecule has 1 unspecified atom stereocenters. The number of aryl methyl sites for hydroxylation is 3. The lowest BCUT2D eigenvalue weighted by atomic mass is 9.97. The molecule has 1 aliphatic carbocycles. The van der Waals surface area contributed by atoms with Gasteiger partial charge in [-0.1, -0.05) is 28.1 Å². The lowest BCUT2D eigenvalue weighted by molar-refractivity contribution is -0.121. The lowest BCUT2D eigenvalue weighted by Crippen LogP contribution is -2.29. The van der Waals surface area contributed by atoms with Gasteiger partial charge in [0.1, 0.15) is 4.83 Å². The van der Waals surface area contributed by atoms with Gasteiger partial charge in [-0.15, -0.1) is 11.3 Å². The number of thiophene rings is 1. The molecule has 1 aliphatic rings. The monoisotopic (exact) mass is 459 g/mol. The Morgan fingerprint density at radius 1 is 1.29 bits per heavy atom. The van der Waals surface area contributed by atoms with E-state index in [1.807, 2.05) is 31.2 Å². The Hall–Kier alpha value is -1.99. The molecule has 28 heavy (non-hydrogen) atoms. The molecule has 1 atom stereocenters. The van der Waals surface area contributed by atoms with Crippen molar-refractivity contribution in [3.05, 3.63) is 61.4 Å². The highest BCUT2D eigenvalue weighted by Gasteiger charge is 2.20. The maximum atomic E-state index is 12.9. The zero-order valence-electron chi connectivity index (χ0n) is 15.7. The van der Waals surface area contributed by atoms with Crippen LogP contribution in [0.5, 0.6) is 0 Å². The van der Waals surface area contributed by atoms with Gasteiger partial charge in [0.2, 0.25) is 5.91 Å². The van der Waals surface area contributed by atoms with E-state index in [0.29, 0.717) is 6.54 Å². The van der Waals surface area contributed by atoms with Crippen molar-refractivity contribution in [1.29, 1.82) is 0 Å². The number of rotatable bonds is 5. The first-order chi connectivity index (χ1) is 13.5. The highest BCUT2D eigenvalue weighted by atomic mass is 79.9. The minimum atomic E-state index is -0.0816. The van der Waals surface area contributed by atoms with Crippen molar-refractivity contribution in [2.45, 2.75) is 51.6 Å². The van der Waals surface area contributed by atoms with Crippen molar-refractivity contribution >= 4 is 43.4 Å². The van der Waals surface area contributed by atoms with Gasteiger partial charge in [-0.25, -0.2) is 4.98 Å². The lowest BCUT2D eigenvalue weighted by Gasteiger charge is -2.15. The van der Waals surface area contributed by atoms with Crippen molar-refractivity contribution in [1.82, 2.24) is 14.9 Å². The molecule has 0 aliphatic heterocycles. The number of nitrogens with zero attached hydrogens (tertiary/aromatic N) is 2. The third-order valence-electron chi connectivity index (χ3n) is 5.27. The van der Waals surface area contributed by atoms with E-state index in [1.165, 1.54) is 16.9 Å². The SMILES string of the molecule is CC(NC(=O)CCn1cnc2sc3c(c2c1=O)CCCC3)c1ccc(Br)cc1. The van der Waals surface area contributed by atoms with Crippen molar-refractivity contribution in [2.75, 3.05) is 0 Å². The molecule has 2 aromatic heterocycles. The van der Waals surface area contributed by atoms with Crippen LogP contribution >= 0.6 is 27.3 Å². The molecule has 0 spiro atoms. The van der Waals surface area contributed by atoms with Crippen molar-refractivity contribution in [3.63, 3.8) is 0 Å². The first kappa shape index (κ1) is 19.3. The van der Waals surface area contributed by atoms with Crippen LogP contribution in [0, 0.1) is 0 Å². The van der Waals surface area contributed by atoms with E-state index in [1.54, 1.807) is 22.2 Å². The fourth-order valence-electron chi connectivity index (χ4n) is 3.71. The van der Waals surface area contributed by atoms with E-state index in [0.717, 1.165) is 39.5 Å². The Kier molecular flexibility index (Phi) is 5.64. The van der Waals surface area contributed by atoms with Crippen molar-refractivity contribution in [3.8, 4) is 0 Å². The average molecular weight is 460 g/mol. The summed E-state index contributed by atoms with van der Waals surface area (Å²) in [6, 6.07) is 7.80. The molecule has 0 fully saturated rings. The molecule has 4 rings (SSSR count). The van der Waals surface area contributed by atoms with Gasteiger partial charge in [0.15, 0.2) is 0 Å². The van der Waals surface area contributed by atoms with E-state index in [-0.39, 0.29) is 23.9 Å². The van der Waals surface area contributed by atoms with E-state index in [4.69, 9.17) is 0 Å². The van der Waals surface area contributed by atoms with Gasteiger partial charge in [-0.3, -0.25) is 14.2 Å². The van der Waals surface area contributed by atoms with Crippen LogP contribution in [0.25, 0.3) is 10.2 Å². The average Bonchev–Trinajstić information content (AvgIpc) is 3.07. The van der Waals surface area contributed by atoms with Gasteiger partial charge in [0, 0.05) is 22.3 Å². The van der Waals surface area contributed by atoms with Crippen molar-refractivity contribution in [2.24, 2.45) is 0 Å². The van der Waals surface area contributed by atoms with Crippen LogP contribution in [0.3, 0.4) is 0 Å². The number of carbonyl (C=O) groups is 1. The Balaban J connectivity index is 1.45. The first-order valence-electron chi connectivity index (χ1n) is 9.57. The van der Waals surface area contributed by atoms with Crippen LogP contribution in [-0.2, 0) is 24.2 Å². The second-order valence-electron chi connectivity index (χ2n) is 7.22. The summed E-state index contributed by atoms with van der Waals surface area (Å²) in [4.78, 5) is 31.9. The van der Waals surface area contributed by atoms with Gasteiger partial charge in [-0.2, -0.15) is 0 Å². The van der Waals surface area contributed by atoms with E-state index >= 15 is 0 Å². The molecule has 1 amide bonds. The number of fused-ring (bicyclic) bond motifs is 3. The third kappa shape index (κ3) is 3.91. The summed E-state index contributed by atoms with van der Waals surface area (Å²) in [5.74, 6) is -0.0743. The molecule has 0 saturated carbocycles. The summed E-state index contributed by atoms with van der Waals surface area (Å²) in [7, 11) is 0. The number of amides is 1. The highest BCUT2D eigenvalue weighted by molar-refractivity contribution is 9.10. The van der Waals surface area contributed by atoms with Crippen molar-refractivity contribution < 1.29 is 4.79 Å². The predicted molar refractivity (Wildman–Crippen MR) is 116 cm³/mol. The zero-order valence-corrected chi connectivity index (χ0v) is 18.1. The van der Waals surface area contributed by atoms with Crippen LogP contribution in [0.2, 0.25) is 0 Å². The molecule has 5 nitrogen and oxygen atoms in total. The maximum Gasteiger partial charge on any atom is 0.262 e. The molecule has 1 aromatic carbocycles. The van der Waals surface area contributed by atoms with Crippen LogP contribution in [0.4, 0.5) is 0 Å². The Labute approximate surface area is 175 Å². The summed E-state index contributed by atoms with van der Waals surface area (Å²) in [6.45, 7) is 2.30. The van der Waals surface area contributed by atoms with Gasteiger partial charge in [0.25, 0.3) is 5.56 Å². The third-order valence-corrected chi connectivity index (χ3v) is 7.00. The molecule has 0 saturated heterocycles. The Morgan fingerprint density at radius 3 is 2.82 bits per heavy atom. The number of benzene rings is 1. The number of halogens is 1. The van der Waals surface area contributed by atoms with Crippen LogP contribution in [0.15, 0.2) is 39.9 Å². The number of aromatic nitrogens is 2. The summed E-state index contributed by atoms with van der Waals surface area (Å²) in [5, 5.41) is 3.77. The quantitative estimate of drug-likeness (QED) is 0.615. The summed E-state index contributed by atoms with van der Waals surface area (Å²) >= 11 is 5.06. The molecule has 7 heteroatoms. The van der Waals surface area contributed by atoms with Gasteiger partial charge in [-0.05, 0) is 55.9 Å². The molecular weight excluding hydrogens is 438 g/mol. The van der Waals surface area contributed by atoms with E-state index in [2.05, 4.69) is 26.2 Å². The fourth-order valence-corrected chi connectivity index (χ4v) is 5.19. The maximum absolute atomic E-state index is 12.9. The molecule has 146 valence electrons. The zero-order chi connectivity index (χ0) is 19.7. The Morgan fingerprint density at radius 2 is 2.04 bits per heavy atom. The largest absolute Gasteiger partial charge is 0.350 e. The highest BCUT2D eigenvalue weighted by Crippen LogP contribution is 2.33. The fraction of sp³-hybridized carbons (Fsp3) is 0.381. The number of nitrogens with one attached hydrogen (secondary N) is 1. The molecular formula is C21H22BrN3O2S. The van der Waals surface area contributed by atoms with Crippen LogP contribution in [-0.4, -0.2) is 15.5 Å². The molecule has 0 bridgehead atoms. The van der Waals surface area contributed by atoms with Gasteiger partial charge < -0.3 is 5.32 Å². The minimum Gasteiger partial charge on any atom is -0.350 e. The second-order valence-corrected chi connectivity index (χ2v) is 9.22. The van der Waals surface area contributed by atoms with Gasteiger partial charge in [0.05, 0.1) is 17.8 Å². The first-order valence-corrected chi connectivity index (χ1v) is 11.2. The van der Waals surface area contributed by atoms with Gasteiger partial charge >= 0.3 is 0 Å². The minimum absolute atomic E-state index is 0.0156. The summed E-state index contributed by atoms with van der Waals surface area (Å²) < 4.78 is 2.58. The molecule has 1 N–H and O–H groups in total. The van der Waals surface area contributed by atoms with Crippen LogP contribution in [0.1, 0.15) is 48.2 Å².